The molecule has 0 saturated carbocycles. The molecule has 8 nitrogen and oxygen atoms in total. The van der Waals surface area contributed by atoms with Gasteiger partial charge in [0, 0.05) is 17.5 Å². The van der Waals surface area contributed by atoms with Crippen LogP contribution >= 0.6 is 0 Å². The van der Waals surface area contributed by atoms with E-state index in [1.807, 2.05) is 0 Å². The molecule has 1 aliphatic heterocycles. The fourth-order valence-electron chi connectivity index (χ4n) is 2.93. The van der Waals surface area contributed by atoms with Gasteiger partial charge in [-0.1, -0.05) is 69.2 Å². The topological polar surface area (TPSA) is 106 Å². The maximum atomic E-state index is 12.9. The molecule has 184 valence electrons. The van der Waals surface area contributed by atoms with Gasteiger partial charge in [-0.3, -0.25) is 14.4 Å². The first-order valence-electron chi connectivity index (χ1n) is 11.3. The van der Waals surface area contributed by atoms with E-state index < -0.39 is 17.8 Å². The van der Waals surface area contributed by atoms with Crippen molar-refractivity contribution in [2.75, 3.05) is 6.61 Å². The van der Waals surface area contributed by atoms with Crippen molar-refractivity contribution in [2.45, 2.75) is 101 Å². The summed E-state index contributed by atoms with van der Waals surface area (Å²) in [7, 11) is 0. The minimum Gasteiger partial charge on any atom is -0.481 e. The summed E-state index contributed by atoms with van der Waals surface area (Å²) in [6, 6.07) is 0. The summed E-state index contributed by atoms with van der Waals surface area (Å²) in [5, 5.41) is 14.3. The van der Waals surface area contributed by atoms with Gasteiger partial charge < -0.3 is 9.84 Å². The Labute approximate surface area is 192 Å². The summed E-state index contributed by atoms with van der Waals surface area (Å²) in [5.41, 5.74) is 0.175. The second-order valence-corrected chi connectivity index (χ2v) is 11.7. The van der Waals surface area contributed by atoms with Crippen LogP contribution in [0, 0.1) is 21.7 Å². The van der Waals surface area contributed by atoms with Crippen molar-refractivity contribution < 1.29 is 29.1 Å². The fraction of sp³-hybridized carbons (Fsp3) is 0.833. The van der Waals surface area contributed by atoms with Gasteiger partial charge in [0.15, 0.2) is 0 Å². The highest BCUT2D eigenvalue weighted by molar-refractivity contribution is 5.92. The van der Waals surface area contributed by atoms with Gasteiger partial charge in [0.25, 0.3) is 5.91 Å². The Hall–Kier alpha value is -1.96. The molecular weight excluding hydrogens is 412 g/mol. The molecule has 1 N–H and O–H groups in total. The molecule has 0 spiro atoms. The number of hydrazone groups is 1. The van der Waals surface area contributed by atoms with Gasteiger partial charge >= 0.3 is 11.9 Å². The van der Waals surface area contributed by atoms with Crippen molar-refractivity contribution in [3.05, 3.63) is 0 Å². The third-order valence-electron chi connectivity index (χ3n) is 7.49. The zero-order valence-corrected chi connectivity index (χ0v) is 21.5. The van der Waals surface area contributed by atoms with Crippen molar-refractivity contribution in [1.29, 1.82) is 0 Å². The third-order valence-corrected chi connectivity index (χ3v) is 7.49. The van der Waals surface area contributed by atoms with Crippen LogP contribution in [0.3, 0.4) is 0 Å². The second-order valence-electron chi connectivity index (χ2n) is 11.7. The molecule has 1 unspecified atom stereocenters. The first kappa shape index (κ1) is 28.1. The van der Waals surface area contributed by atoms with Crippen LogP contribution < -0.4 is 0 Å². The summed E-state index contributed by atoms with van der Waals surface area (Å²) in [6.07, 6.45) is -0.287. The highest BCUT2D eigenvalue weighted by Gasteiger charge is 2.48. The lowest BCUT2D eigenvalue weighted by molar-refractivity contribution is -0.241. The van der Waals surface area contributed by atoms with E-state index in [1.165, 1.54) is 0 Å². The predicted molar refractivity (Wildman–Crippen MR) is 123 cm³/mol. The van der Waals surface area contributed by atoms with Crippen LogP contribution in [0.1, 0.15) is 94.9 Å². The second kappa shape index (κ2) is 9.89. The maximum absolute atomic E-state index is 12.9. The molecule has 0 aliphatic carbocycles. The van der Waals surface area contributed by atoms with Crippen molar-refractivity contribution >= 4 is 23.6 Å². The summed E-state index contributed by atoms with van der Waals surface area (Å²) < 4.78 is 5.00. The van der Waals surface area contributed by atoms with Gasteiger partial charge in [0.2, 0.25) is 0 Å². The van der Waals surface area contributed by atoms with Crippen LogP contribution in [-0.4, -0.2) is 46.5 Å². The Kier molecular flexibility index (Phi) is 8.68. The number of rotatable bonds is 8. The predicted octanol–water partition coefficient (Wildman–Crippen LogP) is 4.82. The van der Waals surface area contributed by atoms with Gasteiger partial charge in [-0.25, -0.2) is 4.84 Å². The average Bonchev–Trinajstić information content (AvgIpc) is 2.64. The van der Waals surface area contributed by atoms with E-state index in [9.17, 15) is 14.4 Å². The molecule has 0 aromatic carbocycles. The van der Waals surface area contributed by atoms with E-state index in [4.69, 9.17) is 14.7 Å². The Balaban J connectivity index is 3.06. The summed E-state index contributed by atoms with van der Waals surface area (Å²) in [4.78, 5) is 41.2. The lowest BCUT2D eigenvalue weighted by Crippen LogP contribution is -2.52. The molecule has 1 atom stereocenters. The van der Waals surface area contributed by atoms with Crippen molar-refractivity contribution in [3.63, 3.8) is 0 Å². The van der Waals surface area contributed by atoms with Crippen molar-refractivity contribution in [2.24, 2.45) is 26.8 Å². The SMILES string of the molecule is CC(C)(C)C(C)(C)C1=NN(C(=O)CCOC(=O)CCC(=O)O)OC(C(C)(C)C(C)(C)C)C1. The number of carboxylic acids is 1. The number of carbonyl (C=O) groups excluding carboxylic acids is 2. The largest absolute Gasteiger partial charge is 0.481 e. The molecule has 0 radical (unpaired) electrons. The standard InChI is InChI=1S/C24H42N2O6/c1-21(2,3)23(7,8)16-15-17(24(9,10)22(4,5)6)32-26(25-16)18(27)13-14-31-20(30)12-11-19(28)29/h17H,11-15H2,1-10H3,(H,28,29). The Morgan fingerprint density at radius 2 is 1.53 bits per heavy atom. The Morgan fingerprint density at radius 1 is 0.969 bits per heavy atom. The van der Waals surface area contributed by atoms with E-state index in [1.54, 1.807) is 0 Å². The molecule has 0 aromatic rings. The maximum Gasteiger partial charge on any atom is 0.306 e. The summed E-state index contributed by atoms with van der Waals surface area (Å²) in [6.45, 7) is 21.3. The monoisotopic (exact) mass is 454 g/mol. The third kappa shape index (κ3) is 6.77. The summed E-state index contributed by atoms with van der Waals surface area (Å²) >= 11 is 0. The Morgan fingerprint density at radius 3 is 2.00 bits per heavy atom. The van der Waals surface area contributed by atoms with Gasteiger partial charge in [0.05, 0.1) is 25.4 Å². The molecule has 8 heteroatoms. The van der Waals surface area contributed by atoms with E-state index in [0.29, 0.717) is 6.42 Å². The number of carboxylic acid groups (broad SMARTS) is 1. The van der Waals surface area contributed by atoms with Crippen LogP contribution in [0.2, 0.25) is 0 Å². The smallest absolute Gasteiger partial charge is 0.306 e. The number of hydrogen-bond acceptors (Lipinski definition) is 6. The number of amides is 1. The first-order valence-corrected chi connectivity index (χ1v) is 11.3. The molecule has 1 amide bonds. The van der Waals surface area contributed by atoms with Crippen molar-refractivity contribution in [1.82, 2.24) is 5.17 Å². The quantitative estimate of drug-likeness (QED) is 0.527. The van der Waals surface area contributed by atoms with Crippen LogP contribution in [0.15, 0.2) is 5.10 Å². The number of ether oxygens (including phenoxy) is 1. The van der Waals surface area contributed by atoms with Gasteiger partial charge in [-0.05, 0) is 16.2 Å². The molecule has 0 fully saturated rings. The van der Waals surface area contributed by atoms with Crippen molar-refractivity contribution in [3.8, 4) is 0 Å². The molecule has 0 saturated heterocycles. The van der Waals surface area contributed by atoms with Crippen LogP contribution in [0.4, 0.5) is 0 Å². The molecule has 1 rings (SSSR count). The lowest BCUT2D eigenvalue weighted by atomic mass is 9.61. The van der Waals surface area contributed by atoms with Gasteiger partial charge in [-0.2, -0.15) is 5.10 Å². The number of hydroxylamine groups is 1. The number of hydrogen-bond donors (Lipinski definition) is 1. The van der Waals surface area contributed by atoms with Gasteiger partial charge in [0.1, 0.15) is 6.61 Å². The summed E-state index contributed by atoms with van der Waals surface area (Å²) in [5.74, 6) is -2.13. The molecule has 32 heavy (non-hydrogen) atoms. The van der Waals surface area contributed by atoms with Crippen LogP contribution in [0.25, 0.3) is 0 Å². The first-order chi connectivity index (χ1) is 14.3. The number of nitrogens with zero attached hydrogens (tertiary/aromatic N) is 2. The minimum absolute atomic E-state index is 0.0830. The van der Waals surface area contributed by atoms with E-state index in [2.05, 4.69) is 74.3 Å². The van der Waals surface area contributed by atoms with Crippen LogP contribution in [-0.2, 0) is 24.0 Å². The molecule has 1 aliphatic rings. The van der Waals surface area contributed by atoms with Crippen LogP contribution in [0.5, 0.6) is 0 Å². The lowest BCUT2D eigenvalue weighted by Gasteiger charge is -2.49. The minimum atomic E-state index is -1.07. The Bertz CT molecular complexity index is 741. The number of carbonyl (C=O) groups is 3. The number of esters is 1. The normalized spacial score (nSPS) is 18.2. The highest BCUT2D eigenvalue weighted by Crippen LogP contribution is 2.48. The zero-order valence-electron chi connectivity index (χ0n) is 21.5. The molecule has 0 bridgehead atoms. The zero-order chi connectivity index (χ0) is 25.1. The highest BCUT2D eigenvalue weighted by atomic mass is 16.7. The fourth-order valence-corrected chi connectivity index (χ4v) is 2.93. The molecular formula is C24H42N2O6. The average molecular weight is 455 g/mol. The molecule has 1 heterocycles. The molecule has 0 aromatic heterocycles. The number of aliphatic carboxylic acids is 1. The van der Waals surface area contributed by atoms with Gasteiger partial charge in [-0.15, -0.1) is 5.17 Å². The van der Waals surface area contributed by atoms with E-state index in [0.717, 1.165) is 10.9 Å². The van der Waals surface area contributed by atoms with E-state index in [-0.39, 0.29) is 53.6 Å². The van der Waals surface area contributed by atoms with E-state index >= 15 is 0 Å².